The van der Waals surface area contributed by atoms with E-state index in [4.69, 9.17) is 0 Å². The van der Waals surface area contributed by atoms with E-state index in [0.29, 0.717) is 18.3 Å². The van der Waals surface area contributed by atoms with Gasteiger partial charge in [0.15, 0.2) is 11.6 Å². The Morgan fingerprint density at radius 2 is 1.50 bits per heavy atom. The molecule has 2 N–H and O–H groups in total. The molecule has 34 heavy (non-hydrogen) atoms. The van der Waals surface area contributed by atoms with E-state index in [1.807, 2.05) is 17.5 Å². The number of aryl methyl sites for hydroxylation is 1. The van der Waals surface area contributed by atoms with Crippen molar-refractivity contribution in [1.82, 2.24) is 0 Å². The fourth-order valence-corrected chi connectivity index (χ4v) is 6.89. The number of Topliss-reactive ketones (excluding diaryl/α,β-unsaturated/α-hetero) is 2. The fourth-order valence-electron chi connectivity index (χ4n) is 5.76. The van der Waals surface area contributed by atoms with Crippen LogP contribution in [0.1, 0.15) is 79.4 Å². The highest BCUT2D eigenvalue weighted by Crippen LogP contribution is 2.36. The third-order valence-corrected chi connectivity index (χ3v) is 9.39. The summed E-state index contributed by atoms with van der Waals surface area (Å²) in [6.45, 7) is 0. The Morgan fingerprint density at radius 3 is 2.12 bits per heavy atom. The van der Waals surface area contributed by atoms with Crippen molar-refractivity contribution >= 4 is 37.1 Å². The SMILES string of the molecule is O=C(CC1CCC(CCc2cc(O)cc(O)c2)CC1)C(=P)C1CCC(C(=O)c2cccs2)CC1. The van der Waals surface area contributed by atoms with Gasteiger partial charge in [-0.15, -0.1) is 20.2 Å². The van der Waals surface area contributed by atoms with E-state index < -0.39 is 0 Å². The van der Waals surface area contributed by atoms with Gasteiger partial charge in [0.1, 0.15) is 11.5 Å². The summed E-state index contributed by atoms with van der Waals surface area (Å²) < 4.78 is 0. The summed E-state index contributed by atoms with van der Waals surface area (Å²) in [6.07, 6.45) is 10.5. The average Bonchev–Trinajstić information content (AvgIpc) is 3.37. The number of aromatic hydroxyl groups is 2. The maximum Gasteiger partial charge on any atom is 0.175 e. The van der Waals surface area contributed by atoms with E-state index in [1.54, 1.807) is 12.1 Å². The Morgan fingerprint density at radius 1 is 0.882 bits per heavy atom. The summed E-state index contributed by atoms with van der Waals surface area (Å²) in [5, 5.41) is 22.1. The lowest BCUT2D eigenvalue weighted by atomic mass is 9.75. The molecule has 0 aliphatic heterocycles. The Bertz CT molecular complexity index is 979. The number of carbonyl (C=O) groups excluding carboxylic acids is 2. The van der Waals surface area contributed by atoms with Crippen molar-refractivity contribution in [3.63, 3.8) is 0 Å². The van der Waals surface area contributed by atoms with E-state index in [1.165, 1.54) is 17.4 Å². The number of carbonyl (C=O) groups is 2. The second-order valence-corrected chi connectivity index (χ2v) is 11.7. The molecule has 0 unspecified atom stereocenters. The molecule has 1 aromatic carbocycles. The molecular weight excluding hydrogens is 463 g/mol. The van der Waals surface area contributed by atoms with Gasteiger partial charge in [-0.25, -0.2) is 0 Å². The van der Waals surface area contributed by atoms with Gasteiger partial charge in [-0.05, 0) is 98.3 Å². The molecule has 182 valence electrons. The maximum absolute atomic E-state index is 13.0. The van der Waals surface area contributed by atoms with Crippen LogP contribution < -0.4 is 0 Å². The minimum atomic E-state index is 0.101. The minimum Gasteiger partial charge on any atom is -0.508 e. The summed E-state index contributed by atoms with van der Waals surface area (Å²) >= 11 is 1.52. The number of benzene rings is 1. The van der Waals surface area contributed by atoms with Crippen molar-refractivity contribution in [2.45, 2.75) is 70.6 Å². The van der Waals surface area contributed by atoms with Crippen LogP contribution in [-0.2, 0) is 11.2 Å². The van der Waals surface area contributed by atoms with Crippen LogP contribution in [0.5, 0.6) is 11.5 Å². The van der Waals surface area contributed by atoms with Crippen LogP contribution in [0.4, 0.5) is 0 Å². The van der Waals surface area contributed by atoms with Crippen LogP contribution in [0.3, 0.4) is 0 Å². The van der Waals surface area contributed by atoms with Gasteiger partial charge < -0.3 is 10.2 Å². The molecule has 0 spiro atoms. The van der Waals surface area contributed by atoms with Crippen molar-refractivity contribution in [3.8, 4) is 11.5 Å². The monoisotopic (exact) mass is 498 g/mol. The maximum atomic E-state index is 13.0. The van der Waals surface area contributed by atoms with Gasteiger partial charge >= 0.3 is 0 Å². The zero-order chi connectivity index (χ0) is 24.1. The highest BCUT2D eigenvalue weighted by atomic mass is 32.1. The molecule has 4 rings (SSSR count). The second-order valence-electron chi connectivity index (χ2n) is 10.2. The lowest BCUT2D eigenvalue weighted by Gasteiger charge is -2.30. The summed E-state index contributed by atoms with van der Waals surface area (Å²) in [6, 6.07) is 8.65. The standard InChI is InChI=1S/C28H35O4PS/c29-23-14-20(15-24(30)17-23)8-5-18-3-6-19(7-4-18)16-25(31)28(33)22-11-9-21(10-12-22)27(32)26-2-1-13-34-26/h1-2,13-15,17-19,21-22,29-30,33H,3-12,16H2. The molecule has 1 heterocycles. The van der Waals surface area contributed by atoms with Gasteiger partial charge in [-0.2, -0.15) is 0 Å². The van der Waals surface area contributed by atoms with Gasteiger partial charge in [0.05, 0.1) is 4.88 Å². The van der Waals surface area contributed by atoms with Crippen LogP contribution in [0.2, 0.25) is 0 Å². The highest BCUT2D eigenvalue weighted by molar-refractivity contribution is 7.25. The molecule has 2 saturated carbocycles. The molecule has 0 radical (unpaired) electrons. The summed E-state index contributed by atoms with van der Waals surface area (Å²) in [5.74, 6) is 2.20. The van der Waals surface area contributed by atoms with Gasteiger partial charge in [0, 0.05) is 23.7 Å². The quantitative estimate of drug-likeness (QED) is 0.292. The first-order valence-electron chi connectivity index (χ1n) is 12.6. The van der Waals surface area contributed by atoms with Gasteiger partial charge in [0.25, 0.3) is 0 Å². The van der Waals surface area contributed by atoms with Gasteiger partial charge in [-0.1, -0.05) is 18.9 Å². The van der Waals surface area contributed by atoms with Crippen LogP contribution in [0.25, 0.3) is 0 Å². The Labute approximate surface area is 208 Å². The fraction of sp³-hybridized carbons (Fsp3) is 0.536. The van der Waals surface area contributed by atoms with Crippen molar-refractivity contribution < 1.29 is 19.8 Å². The van der Waals surface area contributed by atoms with E-state index in [9.17, 15) is 19.8 Å². The predicted molar refractivity (Wildman–Crippen MR) is 141 cm³/mol. The van der Waals surface area contributed by atoms with E-state index in [2.05, 4.69) is 8.86 Å². The number of ketones is 2. The molecule has 1 aromatic heterocycles. The molecule has 2 aromatic rings. The van der Waals surface area contributed by atoms with Crippen molar-refractivity contribution in [1.29, 1.82) is 0 Å². The number of rotatable bonds is 9. The molecule has 2 aliphatic carbocycles. The van der Waals surface area contributed by atoms with Gasteiger partial charge in [0.2, 0.25) is 0 Å². The van der Waals surface area contributed by atoms with Crippen molar-refractivity contribution in [3.05, 3.63) is 46.2 Å². The lowest BCUT2D eigenvalue weighted by molar-refractivity contribution is -0.114. The lowest BCUT2D eigenvalue weighted by Crippen LogP contribution is -2.30. The van der Waals surface area contributed by atoms with Crippen LogP contribution in [-0.4, -0.2) is 27.1 Å². The largest absolute Gasteiger partial charge is 0.508 e. The first kappa shape index (κ1) is 25.1. The molecule has 2 fully saturated rings. The van der Waals surface area contributed by atoms with Gasteiger partial charge in [-0.3, -0.25) is 9.59 Å². The van der Waals surface area contributed by atoms with Crippen molar-refractivity contribution in [2.24, 2.45) is 23.7 Å². The van der Waals surface area contributed by atoms with Crippen LogP contribution in [0.15, 0.2) is 35.7 Å². The number of hydrogen-bond acceptors (Lipinski definition) is 5. The third kappa shape index (κ3) is 6.58. The smallest absolute Gasteiger partial charge is 0.175 e. The number of phenols is 2. The first-order chi connectivity index (χ1) is 16.4. The zero-order valence-electron chi connectivity index (χ0n) is 19.7. The first-order valence-corrected chi connectivity index (χ1v) is 14.0. The summed E-state index contributed by atoms with van der Waals surface area (Å²) in [7, 11) is 3.70. The average molecular weight is 499 g/mol. The van der Waals surface area contributed by atoms with Crippen LogP contribution >= 0.6 is 20.2 Å². The third-order valence-electron chi connectivity index (χ3n) is 7.81. The topological polar surface area (TPSA) is 74.6 Å². The molecule has 0 amide bonds. The zero-order valence-corrected chi connectivity index (χ0v) is 21.5. The Hall–Kier alpha value is -1.97. The second kappa shape index (κ2) is 11.6. The van der Waals surface area contributed by atoms with E-state index in [0.717, 1.165) is 79.9 Å². The normalized spacial score (nSPS) is 25.1. The van der Waals surface area contributed by atoms with E-state index >= 15 is 0 Å². The van der Waals surface area contributed by atoms with Crippen molar-refractivity contribution in [2.75, 3.05) is 0 Å². The van der Waals surface area contributed by atoms with E-state index in [-0.39, 0.29) is 34.9 Å². The Balaban J connectivity index is 1.17. The summed E-state index contributed by atoms with van der Waals surface area (Å²) in [5.41, 5.74) is 0.972. The van der Waals surface area contributed by atoms with Crippen LogP contribution in [0, 0.1) is 23.7 Å². The highest BCUT2D eigenvalue weighted by Gasteiger charge is 2.31. The molecule has 6 heteroatoms. The number of thiophene rings is 1. The molecule has 0 atom stereocenters. The predicted octanol–water partition coefficient (Wildman–Crippen LogP) is 6.86. The molecule has 2 aliphatic rings. The molecular formula is C28H35O4PS. The summed E-state index contributed by atoms with van der Waals surface area (Å²) in [4.78, 5) is 26.4. The molecule has 0 bridgehead atoms. The minimum absolute atomic E-state index is 0.101. The molecule has 4 nitrogen and oxygen atoms in total. The number of phenolic OH excluding ortho intramolecular Hbond substituents is 2. The molecule has 0 saturated heterocycles. The number of hydrogen-bond donors (Lipinski definition) is 2. The Kier molecular flexibility index (Phi) is 8.60.